The van der Waals surface area contributed by atoms with Gasteiger partial charge in [-0.25, -0.2) is 0 Å². The predicted octanol–water partition coefficient (Wildman–Crippen LogP) is 3.94. The molecule has 0 aromatic heterocycles. The Bertz CT molecular complexity index is 754. The number of carboxylic acid groups (broad SMARTS) is 1. The highest BCUT2D eigenvalue weighted by molar-refractivity contribution is 5.84. The fourth-order valence-corrected chi connectivity index (χ4v) is 6.30. The van der Waals surface area contributed by atoms with E-state index in [4.69, 9.17) is 9.47 Å². The van der Waals surface area contributed by atoms with Gasteiger partial charge in [-0.05, 0) is 80.9 Å². The van der Waals surface area contributed by atoms with E-state index in [1.165, 1.54) is 19.3 Å². The van der Waals surface area contributed by atoms with Crippen LogP contribution in [-0.4, -0.2) is 30.7 Å². The first-order valence-corrected chi connectivity index (χ1v) is 10.8. The van der Waals surface area contributed by atoms with Gasteiger partial charge in [-0.1, -0.05) is 6.07 Å². The first-order valence-electron chi connectivity index (χ1n) is 10.8. The summed E-state index contributed by atoms with van der Waals surface area (Å²) in [5, 5.41) is 12.6. The van der Waals surface area contributed by atoms with Gasteiger partial charge in [-0.2, -0.15) is 0 Å². The summed E-state index contributed by atoms with van der Waals surface area (Å²) in [5.74, 6) is 2.25. The Hall–Kier alpha value is -2.24. The molecular weight excluding hydrogens is 370 g/mol. The summed E-state index contributed by atoms with van der Waals surface area (Å²) < 4.78 is 11.0. The Morgan fingerprint density at radius 2 is 1.76 bits per heavy atom. The summed E-state index contributed by atoms with van der Waals surface area (Å²) >= 11 is 0. The van der Waals surface area contributed by atoms with Crippen LogP contribution in [0.5, 0.6) is 11.5 Å². The molecule has 0 saturated heterocycles. The zero-order valence-electron chi connectivity index (χ0n) is 17.3. The van der Waals surface area contributed by atoms with Crippen LogP contribution >= 0.6 is 0 Å². The van der Waals surface area contributed by atoms with Crippen LogP contribution in [0.3, 0.4) is 0 Å². The van der Waals surface area contributed by atoms with E-state index < -0.39 is 12.0 Å². The van der Waals surface area contributed by atoms with Gasteiger partial charge in [0, 0.05) is 5.41 Å². The molecule has 0 unspecified atom stereocenters. The van der Waals surface area contributed by atoms with E-state index in [0.717, 1.165) is 24.8 Å². The van der Waals surface area contributed by atoms with Gasteiger partial charge in [0.15, 0.2) is 11.5 Å². The highest BCUT2D eigenvalue weighted by atomic mass is 16.5. The smallest absolute Gasteiger partial charge is 0.305 e. The number of amides is 1. The highest BCUT2D eigenvalue weighted by Crippen LogP contribution is 2.60. The zero-order valence-corrected chi connectivity index (χ0v) is 17.3. The minimum atomic E-state index is -0.936. The molecule has 4 aliphatic carbocycles. The van der Waals surface area contributed by atoms with Gasteiger partial charge in [0.1, 0.15) is 0 Å². The Labute approximate surface area is 172 Å². The van der Waals surface area contributed by atoms with Gasteiger partial charge in [0.25, 0.3) is 0 Å². The Morgan fingerprint density at radius 1 is 1.14 bits per heavy atom. The molecule has 29 heavy (non-hydrogen) atoms. The Balaban J connectivity index is 1.56. The van der Waals surface area contributed by atoms with Crippen LogP contribution in [0.15, 0.2) is 18.2 Å². The second kappa shape index (κ2) is 7.88. The molecule has 4 aliphatic rings. The van der Waals surface area contributed by atoms with Crippen LogP contribution in [0.1, 0.15) is 63.5 Å². The molecule has 5 rings (SSSR count). The minimum absolute atomic E-state index is 0.0377. The summed E-state index contributed by atoms with van der Waals surface area (Å²) in [6.45, 7) is 2.41. The standard InChI is InChI=1S/C23H31NO5/c1-3-29-19-5-4-17(9-20(19)28-2)18(10-21(25)26)24-22(27)23-11-14-6-15(12-23)8-16(7-14)13-23/h4-5,9,14-16,18H,3,6-8,10-13H2,1-2H3,(H,24,27)(H,25,26)/t14?,15?,16?,18-,23?/m1/s1. The average Bonchev–Trinajstić information content (AvgIpc) is 2.66. The van der Waals surface area contributed by atoms with Gasteiger partial charge >= 0.3 is 5.97 Å². The van der Waals surface area contributed by atoms with E-state index in [-0.39, 0.29) is 17.7 Å². The largest absolute Gasteiger partial charge is 0.493 e. The lowest BCUT2D eigenvalue weighted by Gasteiger charge is -2.55. The molecule has 4 saturated carbocycles. The maximum atomic E-state index is 13.4. The number of carbonyl (C=O) groups is 2. The van der Waals surface area contributed by atoms with Crippen molar-refractivity contribution in [2.45, 2.75) is 57.9 Å². The number of benzene rings is 1. The van der Waals surface area contributed by atoms with Crippen molar-refractivity contribution in [3.05, 3.63) is 23.8 Å². The SMILES string of the molecule is CCOc1ccc([C@@H](CC(=O)O)NC(=O)C23CC4CC(CC(C4)C2)C3)cc1OC. The molecule has 4 bridgehead atoms. The van der Waals surface area contributed by atoms with E-state index in [2.05, 4.69) is 5.32 Å². The van der Waals surface area contributed by atoms with E-state index >= 15 is 0 Å². The van der Waals surface area contributed by atoms with Gasteiger partial charge in [0.05, 0.1) is 26.2 Å². The van der Waals surface area contributed by atoms with Crippen LogP contribution < -0.4 is 14.8 Å². The highest BCUT2D eigenvalue weighted by Gasteiger charge is 2.54. The first kappa shape index (κ1) is 20.0. The van der Waals surface area contributed by atoms with Crippen molar-refractivity contribution < 1.29 is 24.2 Å². The molecule has 0 aliphatic heterocycles. The summed E-state index contributed by atoms with van der Waals surface area (Å²) in [4.78, 5) is 25.0. The molecule has 1 atom stereocenters. The third-order valence-corrected chi connectivity index (χ3v) is 7.09. The summed E-state index contributed by atoms with van der Waals surface area (Å²) in [6.07, 6.45) is 6.50. The maximum absolute atomic E-state index is 13.4. The summed E-state index contributed by atoms with van der Waals surface area (Å²) in [6, 6.07) is 4.79. The molecular formula is C23H31NO5. The predicted molar refractivity (Wildman–Crippen MR) is 108 cm³/mol. The lowest BCUT2D eigenvalue weighted by atomic mass is 9.49. The zero-order chi connectivity index (χ0) is 20.6. The van der Waals surface area contributed by atoms with Crippen molar-refractivity contribution in [1.82, 2.24) is 5.32 Å². The lowest BCUT2D eigenvalue weighted by Crippen LogP contribution is -2.54. The first-order chi connectivity index (χ1) is 13.9. The molecule has 1 aromatic carbocycles. The third-order valence-electron chi connectivity index (χ3n) is 7.09. The number of aliphatic carboxylic acids is 1. The van der Waals surface area contributed by atoms with Crippen molar-refractivity contribution >= 4 is 11.9 Å². The quantitative estimate of drug-likeness (QED) is 0.689. The number of carboxylic acids is 1. The van der Waals surface area contributed by atoms with Gasteiger partial charge in [-0.15, -0.1) is 0 Å². The molecule has 0 heterocycles. The van der Waals surface area contributed by atoms with Crippen LogP contribution in [-0.2, 0) is 9.59 Å². The second-order valence-corrected chi connectivity index (χ2v) is 9.17. The van der Waals surface area contributed by atoms with Crippen molar-refractivity contribution in [3.8, 4) is 11.5 Å². The molecule has 0 spiro atoms. The average molecular weight is 402 g/mol. The number of hydrogen-bond acceptors (Lipinski definition) is 4. The fourth-order valence-electron chi connectivity index (χ4n) is 6.30. The second-order valence-electron chi connectivity index (χ2n) is 9.17. The van der Waals surface area contributed by atoms with Gasteiger partial charge in [-0.3, -0.25) is 9.59 Å². The number of hydrogen-bond donors (Lipinski definition) is 2. The maximum Gasteiger partial charge on any atom is 0.305 e. The van der Waals surface area contributed by atoms with Crippen molar-refractivity contribution in [1.29, 1.82) is 0 Å². The summed E-state index contributed by atoms with van der Waals surface area (Å²) in [7, 11) is 1.56. The van der Waals surface area contributed by atoms with E-state index in [0.29, 0.717) is 35.9 Å². The Kier molecular flexibility index (Phi) is 5.45. The minimum Gasteiger partial charge on any atom is -0.493 e. The molecule has 0 radical (unpaired) electrons. The Morgan fingerprint density at radius 3 is 2.28 bits per heavy atom. The van der Waals surface area contributed by atoms with Crippen LogP contribution in [0.4, 0.5) is 0 Å². The normalized spacial score (nSPS) is 30.6. The van der Waals surface area contributed by atoms with E-state index in [1.54, 1.807) is 19.2 Å². The molecule has 158 valence electrons. The van der Waals surface area contributed by atoms with Gasteiger partial charge in [0.2, 0.25) is 5.91 Å². The van der Waals surface area contributed by atoms with Crippen LogP contribution in [0.2, 0.25) is 0 Å². The number of methoxy groups -OCH3 is 1. The number of nitrogens with one attached hydrogen (secondary N) is 1. The summed E-state index contributed by atoms with van der Waals surface area (Å²) in [5.41, 5.74) is 0.423. The van der Waals surface area contributed by atoms with E-state index in [1.807, 2.05) is 13.0 Å². The number of ether oxygens (including phenoxy) is 2. The molecule has 6 heteroatoms. The third kappa shape index (κ3) is 3.94. The van der Waals surface area contributed by atoms with Crippen molar-refractivity contribution in [2.24, 2.45) is 23.2 Å². The molecule has 4 fully saturated rings. The number of rotatable bonds is 8. The molecule has 1 amide bonds. The fraction of sp³-hybridized carbons (Fsp3) is 0.652. The van der Waals surface area contributed by atoms with Crippen molar-refractivity contribution in [2.75, 3.05) is 13.7 Å². The van der Waals surface area contributed by atoms with Crippen LogP contribution in [0.25, 0.3) is 0 Å². The molecule has 1 aromatic rings. The van der Waals surface area contributed by atoms with Gasteiger partial charge < -0.3 is 19.9 Å². The topological polar surface area (TPSA) is 84.9 Å². The van der Waals surface area contributed by atoms with E-state index in [9.17, 15) is 14.7 Å². The lowest BCUT2D eigenvalue weighted by molar-refractivity contribution is -0.147. The molecule has 6 nitrogen and oxygen atoms in total. The van der Waals surface area contributed by atoms with Crippen molar-refractivity contribution in [3.63, 3.8) is 0 Å². The number of carbonyl (C=O) groups excluding carboxylic acids is 1. The van der Waals surface area contributed by atoms with Crippen LogP contribution in [0, 0.1) is 23.2 Å². The molecule has 2 N–H and O–H groups in total. The monoisotopic (exact) mass is 401 g/mol.